The summed E-state index contributed by atoms with van der Waals surface area (Å²) in [4.78, 5) is 15.1. The van der Waals surface area contributed by atoms with Crippen molar-refractivity contribution in [1.29, 1.82) is 0 Å². The normalized spacial score (nSPS) is 12.1. The topological polar surface area (TPSA) is 108 Å². The quantitative estimate of drug-likeness (QED) is 0.738. The summed E-state index contributed by atoms with van der Waals surface area (Å²) in [5, 5.41) is -0.134. The SMILES string of the molecule is COC(=O)CN(C(C)C)S(=O)(=O)c1c(N)ncn1C. The van der Waals surface area contributed by atoms with E-state index in [-0.39, 0.29) is 17.4 Å². The number of hydrogen-bond donors (Lipinski definition) is 1. The molecule has 0 aromatic carbocycles. The molecule has 0 amide bonds. The van der Waals surface area contributed by atoms with Gasteiger partial charge in [0.2, 0.25) is 0 Å². The van der Waals surface area contributed by atoms with E-state index in [9.17, 15) is 13.2 Å². The highest BCUT2D eigenvalue weighted by atomic mass is 32.2. The van der Waals surface area contributed by atoms with Gasteiger partial charge in [-0.3, -0.25) is 4.79 Å². The minimum Gasteiger partial charge on any atom is -0.468 e. The van der Waals surface area contributed by atoms with Crippen molar-refractivity contribution in [2.24, 2.45) is 7.05 Å². The first-order chi connectivity index (χ1) is 8.71. The summed E-state index contributed by atoms with van der Waals surface area (Å²) in [6.45, 7) is 2.95. The Morgan fingerprint density at radius 2 is 2.16 bits per heavy atom. The third-order valence-electron chi connectivity index (χ3n) is 2.55. The first-order valence-electron chi connectivity index (χ1n) is 5.57. The van der Waals surface area contributed by atoms with Crippen molar-refractivity contribution >= 4 is 21.8 Å². The number of nitrogen functional groups attached to an aromatic ring is 1. The third kappa shape index (κ3) is 3.04. The van der Waals surface area contributed by atoms with Crippen LogP contribution in [0.2, 0.25) is 0 Å². The fraction of sp³-hybridized carbons (Fsp3) is 0.600. The number of carbonyl (C=O) groups is 1. The molecule has 0 saturated heterocycles. The molecule has 0 radical (unpaired) electrons. The first-order valence-corrected chi connectivity index (χ1v) is 7.01. The summed E-state index contributed by atoms with van der Waals surface area (Å²) in [5.74, 6) is -0.740. The van der Waals surface area contributed by atoms with Gasteiger partial charge in [-0.1, -0.05) is 0 Å². The van der Waals surface area contributed by atoms with E-state index in [2.05, 4.69) is 9.72 Å². The van der Waals surface area contributed by atoms with E-state index >= 15 is 0 Å². The van der Waals surface area contributed by atoms with Crippen molar-refractivity contribution in [2.75, 3.05) is 19.4 Å². The Balaban J connectivity index is 3.25. The number of aromatic nitrogens is 2. The highest BCUT2D eigenvalue weighted by Gasteiger charge is 2.33. The Hall–Kier alpha value is -1.61. The molecular formula is C10H18N4O4S. The number of hydrogen-bond acceptors (Lipinski definition) is 6. The van der Waals surface area contributed by atoms with Crippen LogP contribution in [0, 0.1) is 0 Å². The number of nitrogens with zero attached hydrogens (tertiary/aromatic N) is 3. The van der Waals surface area contributed by atoms with Gasteiger partial charge in [0.25, 0.3) is 10.0 Å². The smallest absolute Gasteiger partial charge is 0.321 e. The van der Waals surface area contributed by atoms with E-state index < -0.39 is 22.0 Å². The zero-order chi connectivity index (χ0) is 14.8. The lowest BCUT2D eigenvalue weighted by Crippen LogP contribution is -2.41. The molecule has 0 fully saturated rings. The minimum absolute atomic E-state index is 0.0991. The van der Waals surface area contributed by atoms with Gasteiger partial charge in [0.15, 0.2) is 10.8 Å². The second kappa shape index (κ2) is 5.57. The summed E-state index contributed by atoms with van der Waals surface area (Å²) in [5.41, 5.74) is 5.57. The van der Waals surface area contributed by atoms with Crippen molar-refractivity contribution in [1.82, 2.24) is 13.9 Å². The summed E-state index contributed by atoms with van der Waals surface area (Å²) < 4.78 is 31.8. The Morgan fingerprint density at radius 1 is 1.58 bits per heavy atom. The molecule has 0 aliphatic rings. The third-order valence-corrected chi connectivity index (χ3v) is 4.71. The Labute approximate surface area is 112 Å². The predicted octanol–water partition coefficient (Wildman–Crippen LogP) is -0.426. The molecule has 19 heavy (non-hydrogen) atoms. The van der Waals surface area contributed by atoms with Crippen LogP contribution in [0.4, 0.5) is 5.82 Å². The van der Waals surface area contributed by atoms with Crippen molar-refractivity contribution in [3.05, 3.63) is 6.33 Å². The van der Waals surface area contributed by atoms with E-state index in [1.165, 1.54) is 25.1 Å². The fourth-order valence-electron chi connectivity index (χ4n) is 1.60. The number of imidazole rings is 1. The second-order valence-electron chi connectivity index (χ2n) is 4.27. The first kappa shape index (κ1) is 15.4. The standard InChI is InChI=1S/C10H18N4O4S/c1-7(2)14(5-8(15)18-4)19(16,17)10-9(11)12-6-13(10)3/h6-7H,5,11H2,1-4H3. The molecule has 108 valence electrons. The molecule has 1 heterocycles. The molecule has 1 aromatic rings. The molecule has 0 atom stereocenters. The molecule has 0 aliphatic carbocycles. The van der Waals surface area contributed by atoms with Crippen LogP contribution in [0.25, 0.3) is 0 Å². The number of esters is 1. The average Bonchev–Trinajstić information content (AvgIpc) is 2.65. The van der Waals surface area contributed by atoms with E-state index in [0.717, 1.165) is 4.31 Å². The lowest BCUT2D eigenvalue weighted by molar-refractivity contribution is -0.141. The predicted molar refractivity (Wildman–Crippen MR) is 68.7 cm³/mol. The molecule has 8 nitrogen and oxygen atoms in total. The maximum atomic E-state index is 12.5. The number of rotatable bonds is 5. The van der Waals surface area contributed by atoms with Gasteiger partial charge < -0.3 is 15.0 Å². The number of aryl methyl sites for hydroxylation is 1. The Morgan fingerprint density at radius 3 is 2.53 bits per heavy atom. The van der Waals surface area contributed by atoms with Gasteiger partial charge in [0.1, 0.15) is 6.54 Å². The molecule has 0 bridgehead atoms. The van der Waals surface area contributed by atoms with Crippen molar-refractivity contribution in [3.63, 3.8) is 0 Å². The molecule has 0 aliphatic heterocycles. The van der Waals surface area contributed by atoms with Crippen LogP contribution in [0.5, 0.6) is 0 Å². The van der Waals surface area contributed by atoms with Gasteiger partial charge in [0.05, 0.1) is 13.4 Å². The number of methoxy groups -OCH3 is 1. The van der Waals surface area contributed by atoms with Crippen LogP contribution in [-0.4, -0.2) is 47.9 Å². The number of ether oxygens (including phenoxy) is 1. The van der Waals surface area contributed by atoms with Gasteiger partial charge in [-0.25, -0.2) is 13.4 Å². The van der Waals surface area contributed by atoms with Crippen LogP contribution in [0.15, 0.2) is 11.4 Å². The summed E-state index contributed by atoms with van der Waals surface area (Å²) in [6.07, 6.45) is 1.30. The molecule has 1 aromatic heterocycles. The lowest BCUT2D eigenvalue weighted by Gasteiger charge is -2.24. The lowest BCUT2D eigenvalue weighted by atomic mass is 10.4. The molecule has 1 rings (SSSR count). The van der Waals surface area contributed by atoms with Crippen molar-refractivity contribution < 1.29 is 17.9 Å². The summed E-state index contributed by atoms with van der Waals surface area (Å²) in [7, 11) is -1.19. The van der Waals surface area contributed by atoms with E-state index in [0.29, 0.717) is 0 Å². The van der Waals surface area contributed by atoms with Gasteiger partial charge in [0, 0.05) is 13.1 Å². The highest BCUT2D eigenvalue weighted by Crippen LogP contribution is 2.22. The van der Waals surface area contributed by atoms with E-state index in [1.54, 1.807) is 13.8 Å². The van der Waals surface area contributed by atoms with Crippen LogP contribution < -0.4 is 5.73 Å². The van der Waals surface area contributed by atoms with Gasteiger partial charge in [-0.05, 0) is 13.8 Å². The van der Waals surface area contributed by atoms with E-state index in [1.807, 2.05) is 0 Å². The number of sulfonamides is 1. The van der Waals surface area contributed by atoms with Crippen molar-refractivity contribution in [2.45, 2.75) is 24.9 Å². The van der Waals surface area contributed by atoms with E-state index in [4.69, 9.17) is 5.73 Å². The Bertz CT molecular complexity index is 545. The minimum atomic E-state index is -3.92. The highest BCUT2D eigenvalue weighted by molar-refractivity contribution is 7.89. The zero-order valence-corrected chi connectivity index (χ0v) is 12.1. The molecule has 9 heteroatoms. The van der Waals surface area contributed by atoms with Crippen LogP contribution in [0.1, 0.15) is 13.8 Å². The average molecular weight is 290 g/mol. The Kier molecular flexibility index (Phi) is 4.53. The monoisotopic (exact) mass is 290 g/mol. The van der Waals surface area contributed by atoms with Gasteiger partial charge >= 0.3 is 5.97 Å². The van der Waals surface area contributed by atoms with Crippen LogP contribution in [0.3, 0.4) is 0 Å². The molecule has 0 saturated carbocycles. The zero-order valence-electron chi connectivity index (χ0n) is 11.3. The second-order valence-corrected chi connectivity index (χ2v) is 6.07. The molecular weight excluding hydrogens is 272 g/mol. The van der Waals surface area contributed by atoms with Crippen LogP contribution >= 0.6 is 0 Å². The maximum absolute atomic E-state index is 12.5. The number of nitrogens with two attached hydrogens (primary N) is 1. The largest absolute Gasteiger partial charge is 0.468 e. The summed E-state index contributed by atoms with van der Waals surface area (Å²) in [6, 6.07) is -0.418. The number of carbonyl (C=O) groups excluding carboxylic acids is 1. The van der Waals surface area contributed by atoms with Crippen LogP contribution in [-0.2, 0) is 26.6 Å². The van der Waals surface area contributed by atoms with Gasteiger partial charge in [-0.15, -0.1) is 0 Å². The molecule has 2 N–H and O–H groups in total. The fourth-order valence-corrected chi connectivity index (χ4v) is 3.38. The molecule has 0 unspecified atom stereocenters. The molecule has 0 spiro atoms. The number of anilines is 1. The van der Waals surface area contributed by atoms with Crippen molar-refractivity contribution in [3.8, 4) is 0 Å². The summed E-state index contributed by atoms with van der Waals surface area (Å²) >= 11 is 0. The maximum Gasteiger partial charge on any atom is 0.321 e. The van der Waals surface area contributed by atoms with Gasteiger partial charge in [-0.2, -0.15) is 4.31 Å².